The largest absolute Gasteiger partial charge is 0.455 e. The minimum absolute atomic E-state index is 0.164. The molecule has 10 nitrogen and oxygen atoms in total. The predicted octanol–water partition coefficient (Wildman–Crippen LogP) is 6.75. The van der Waals surface area contributed by atoms with E-state index in [9.17, 15) is 19.2 Å². The standard InChI is InChI=1S/C42H62O10Si/c1-38(2,3)34(43)49-30-29(26-47-53(42(13,14)15,27-22-18-16-19-23-27)28-24-20-17-21-25-28)48-33(52-37(46)41(10,11)12)32(51-36(45)40(7,8)9)31(30)50-35(44)39(4,5)6/h16-25,29-33H,26H2,1-15H3/t29-,30-,31+,32+,33-/m1/s1. The fraction of sp³-hybridized carbons (Fsp3) is 0.619. The zero-order valence-corrected chi connectivity index (χ0v) is 35.4. The molecule has 0 aliphatic carbocycles. The van der Waals surface area contributed by atoms with Crippen LogP contribution in [0, 0.1) is 21.7 Å². The van der Waals surface area contributed by atoms with E-state index in [2.05, 4.69) is 20.8 Å². The smallest absolute Gasteiger partial charge is 0.313 e. The molecule has 1 heterocycles. The highest BCUT2D eigenvalue weighted by Crippen LogP contribution is 2.39. The molecule has 0 bridgehead atoms. The molecule has 53 heavy (non-hydrogen) atoms. The van der Waals surface area contributed by atoms with Crippen molar-refractivity contribution in [1.82, 2.24) is 0 Å². The third-order valence-electron chi connectivity index (χ3n) is 8.87. The van der Waals surface area contributed by atoms with Crippen molar-refractivity contribution in [1.29, 1.82) is 0 Å². The van der Waals surface area contributed by atoms with Gasteiger partial charge in [-0.3, -0.25) is 19.2 Å². The SMILES string of the molecule is CC(C)(C)C(=O)O[C@H]1O[C@H](CO[Si](c2ccccc2)(c2ccccc2)C(C)(C)C)[C@@H](OC(=O)C(C)(C)C)[C@H](OC(=O)C(C)(C)C)[C@@H]1OC(=O)C(C)(C)C. The molecule has 0 saturated carbocycles. The number of esters is 4. The van der Waals surface area contributed by atoms with Crippen LogP contribution in [0.4, 0.5) is 0 Å². The van der Waals surface area contributed by atoms with Gasteiger partial charge in [0.25, 0.3) is 8.32 Å². The molecular weight excluding hydrogens is 693 g/mol. The lowest BCUT2D eigenvalue weighted by molar-refractivity contribution is -0.305. The number of ether oxygens (including phenoxy) is 5. The minimum atomic E-state index is -3.20. The Morgan fingerprint density at radius 1 is 0.509 bits per heavy atom. The van der Waals surface area contributed by atoms with Gasteiger partial charge in [-0.2, -0.15) is 0 Å². The van der Waals surface area contributed by atoms with Gasteiger partial charge in [-0.1, -0.05) is 81.4 Å². The van der Waals surface area contributed by atoms with Crippen LogP contribution in [0.1, 0.15) is 104 Å². The average molecular weight is 755 g/mol. The Bertz CT molecular complexity index is 1530. The Hall–Kier alpha value is -3.54. The Balaban J connectivity index is 2.31. The van der Waals surface area contributed by atoms with Gasteiger partial charge in [-0.05, 0) is 98.5 Å². The highest BCUT2D eigenvalue weighted by atomic mass is 28.4. The number of rotatable bonds is 9. The first-order valence-corrected chi connectivity index (χ1v) is 20.3. The zero-order valence-electron chi connectivity index (χ0n) is 34.4. The number of carbonyl (C=O) groups is 4. The summed E-state index contributed by atoms with van der Waals surface area (Å²) in [4.78, 5) is 54.5. The molecule has 1 fully saturated rings. The predicted molar refractivity (Wildman–Crippen MR) is 206 cm³/mol. The molecule has 11 heteroatoms. The fourth-order valence-corrected chi connectivity index (χ4v) is 10.2. The molecule has 2 aromatic carbocycles. The Morgan fingerprint density at radius 2 is 0.849 bits per heavy atom. The first-order chi connectivity index (χ1) is 24.1. The highest BCUT2D eigenvalue weighted by Gasteiger charge is 2.58. The Labute approximate surface area is 317 Å². The molecule has 294 valence electrons. The number of hydrogen-bond donors (Lipinski definition) is 0. The van der Waals surface area contributed by atoms with Crippen LogP contribution in [0.15, 0.2) is 60.7 Å². The maximum absolute atomic E-state index is 13.7. The quantitative estimate of drug-likeness (QED) is 0.154. The summed E-state index contributed by atoms with van der Waals surface area (Å²) in [5.41, 5.74) is -3.96. The van der Waals surface area contributed by atoms with Gasteiger partial charge < -0.3 is 28.1 Å². The third kappa shape index (κ3) is 10.6. The maximum Gasteiger partial charge on any atom is 0.313 e. The van der Waals surface area contributed by atoms with Crippen LogP contribution in [-0.4, -0.2) is 69.5 Å². The second-order valence-electron chi connectivity index (χ2n) is 19.0. The molecule has 5 atom stereocenters. The number of benzene rings is 2. The van der Waals surface area contributed by atoms with E-state index >= 15 is 0 Å². The van der Waals surface area contributed by atoms with Crippen molar-refractivity contribution < 1.29 is 47.3 Å². The second-order valence-corrected chi connectivity index (χ2v) is 23.3. The van der Waals surface area contributed by atoms with Gasteiger partial charge >= 0.3 is 23.9 Å². The van der Waals surface area contributed by atoms with Crippen molar-refractivity contribution in [3.8, 4) is 0 Å². The molecule has 2 aromatic rings. The molecule has 1 aliphatic rings. The van der Waals surface area contributed by atoms with E-state index < -0.39 is 89.6 Å². The summed E-state index contributed by atoms with van der Waals surface area (Å²) in [6.07, 6.45) is -6.99. The van der Waals surface area contributed by atoms with Crippen LogP contribution < -0.4 is 10.4 Å². The minimum Gasteiger partial charge on any atom is -0.455 e. The summed E-state index contributed by atoms with van der Waals surface area (Å²) in [7, 11) is -3.20. The van der Waals surface area contributed by atoms with Crippen molar-refractivity contribution in [2.24, 2.45) is 21.7 Å². The van der Waals surface area contributed by atoms with Crippen molar-refractivity contribution in [3.05, 3.63) is 60.7 Å². The van der Waals surface area contributed by atoms with Gasteiger partial charge in [-0.25, -0.2) is 0 Å². The average Bonchev–Trinajstić information content (AvgIpc) is 3.02. The molecule has 0 aromatic heterocycles. The molecule has 0 amide bonds. The van der Waals surface area contributed by atoms with Crippen LogP contribution >= 0.6 is 0 Å². The van der Waals surface area contributed by atoms with Gasteiger partial charge in [0.1, 0.15) is 6.10 Å². The summed E-state index contributed by atoms with van der Waals surface area (Å²) in [6.45, 7) is 26.4. The summed E-state index contributed by atoms with van der Waals surface area (Å²) in [5, 5.41) is 1.57. The Morgan fingerprint density at radius 3 is 1.21 bits per heavy atom. The molecule has 0 N–H and O–H groups in total. The summed E-state index contributed by atoms with van der Waals surface area (Å²) in [6, 6.07) is 20.0. The van der Waals surface area contributed by atoms with Crippen molar-refractivity contribution in [2.75, 3.05) is 6.61 Å². The first-order valence-electron chi connectivity index (χ1n) is 18.4. The molecule has 0 spiro atoms. The molecule has 0 unspecified atom stereocenters. The van der Waals surface area contributed by atoms with Crippen molar-refractivity contribution >= 4 is 42.6 Å². The lowest BCUT2D eigenvalue weighted by Crippen LogP contribution is -2.69. The van der Waals surface area contributed by atoms with Gasteiger partial charge in [0.15, 0.2) is 12.2 Å². The van der Waals surface area contributed by atoms with E-state index in [-0.39, 0.29) is 6.61 Å². The molecular formula is C42H62O10Si. The topological polar surface area (TPSA) is 124 Å². The summed E-state index contributed by atoms with van der Waals surface area (Å²) < 4.78 is 38.3. The van der Waals surface area contributed by atoms with E-state index in [1.807, 2.05) is 60.7 Å². The van der Waals surface area contributed by atoms with E-state index in [1.54, 1.807) is 83.1 Å². The van der Waals surface area contributed by atoms with Gasteiger partial charge in [-0.15, -0.1) is 0 Å². The van der Waals surface area contributed by atoms with E-state index in [4.69, 9.17) is 28.1 Å². The normalized spacial score (nSPS) is 21.7. The molecule has 0 radical (unpaired) electrons. The Kier molecular flexibility index (Phi) is 13.3. The van der Waals surface area contributed by atoms with Crippen LogP contribution in [-0.2, 0) is 47.3 Å². The molecule has 1 saturated heterocycles. The summed E-state index contributed by atoms with van der Waals surface area (Å²) in [5.74, 6) is -2.56. The van der Waals surface area contributed by atoms with E-state index in [0.717, 1.165) is 10.4 Å². The van der Waals surface area contributed by atoms with Gasteiger partial charge in [0.05, 0.1) is 28.3 Å². The second kappa shape index (κ2) is 16.1. The van der Waals surface area contributed by atoms with Crippen molar-refractivity contribution in [2.45, 2.75) is 140 Å². The number of hydrogen-bond acceptors (Lipinski definition) is 10. The fourth-order valence-electron chi connectivity index (χ4n) is 5.66. The lowest BCUT2D eigenvalue weighted by atomic mass is 9.93. The molecule has 1 aliphatic heterocycles. The van der Waals surface area contributed by atoms with Gasteiger partial charge in [0, 0.05) is 0 Å². The third-order valence-corrected chi connectivity index (χ3v) is 13.9. The first kappa shape index (κ1) is 43.9. The van der Waals surface area contributed by atoms with Crippen molar-refractivity contribution in [3.63, 3.8) is 0 Å². The van der Waals surface area contributed by atoms with E-state index in [1.165, 1.54) is 0 Å². The molecule has 3 rings (SSSR count). The lowest BCUT2D eigenvalue weighted by Gasteiger charge is -2.48. The zero-order chi connectivity index (χ0) is 40.4. The monoisotopic (exact) mass is 754 g/mol. The van der Waals surface area contributed by atoms with Crippen LogP contribution in [0.25, 0.3) is 0 Å². The number of carbonyl (C=O) groups excluding carboxylic acids is 4. The van der Waals surface area contributed by atoms with Gasteiger partial charge in [0.2, 0.25) is 12.4 Å². The van der Waals surface area contributed by atoms with E-state index in [0.29, 0.717) is 0 Å². The van der Waals surface area contributed by atoms with Crippen LogP contribution in [0.2, 0.25) is 5.04 Å². The summed E-state index contributed by atoms with van der Waals surface area (Å²) >= 11 is 0. The van der Waals surface area contributed by atoms with Crippen LogP contribution in [0.5, 0.6) is 0 Å². The maximum atomic E-state index is 13.7. The highest BCUT2D eigenvalue weighted by molar-refractivity contribution is 6.99. The van der Waals surface area contributed by atoms with Crippen LogP contribution in [0.3, 0.4) is 0 Å².